The van der Waals surface area contributed by atoms with Gasteiger partial charge in [-0.05, 0) is 42.8 Å². The summed E-state index contributed by atoms with van der Waals surface area (Å²) in [6.07, 6.45) is 2.73. The van der Waals surface area contributed by atoms with Gasteiger partial charge in [-0.3, -0.25) is 4.98 Å². The van der Waals surface area contributed by atoms with Crippen molar-refractivity contribution in [3.8, 4) is 0 Å². The Morgan fingerprint density at radius 2 is 2.00 bits per heavy atom. The fraction of sp³-hybridized carbons (Fsp3) is 0.267. The lowest BCUT2D eigenvalue weighted by Crippen LogP contribution is -2.24. The first-order valence-corrected chi connectivity index (χ1v) is 7.06. The largest absolute Gasteiger partial charge is 0.305 e. The molecule has 1 atom stereocenters. The zero-order valence-corrected chi connectivity index (χ0v) is 12.2. The minimum atomic E-state index is 0.0379. The molecule has 0 spiro atoms. The van der Waals surface area contributed by atoms with Crippen molar-refractivity contribution in [2.45, 2.75) is 19.4 Å². The summed E-state index contributed by atoms with van der Waals surface area (Å²) in [4.78, 5) is 4.40. The molecule has 19 heavy (non-hydrogen) atoms. The number of nitrogens with one attached hydrogen (secondary N) is 1. The molecule has 2 nitrogen and oxygen atoms in total. The fourth-order valence-corrected chi connectivity index (χ4v) is 2.24. The van der Waals surface area contributed by atoms with E-state index in [-0.39, 0.29) is 6.04 Å². The normalized spacial score (nSPS) is 12.4. The van der Waals surface area contributed by atoms with Gasteiger partial charge in [0.25, 0.3) is 0 Å². The summed E-state index contributed by atoms with van der Waals surface area (Å²) in [5.41, 5.74) is 2.05. The highest BCUT2D eigenvalue weighted by Crippen LogP contribution is 2.23. The van der Waals surface area contributed by atoms with Gasteiger partial charge in [0.2, 0.25) is 0 Å². The van der Waals surface area contributed by atoms with Crippen molar-refractivity contribution >= 4 is 23.2 Å². The second-order valence-electron chi connectivity index (χ2n) is 4.34. The predicted molar refractivity (Wildman–Crippen MR) is 80.8 cm³/mol. The van der Waals surface area contributed by atoms with Crippen LogP contribution in [0.15, 0.2) is 42.6 Å². The first-order valence-electron chi connectivity index (χ1n) is 6.31. The first-order chi connectivity index (χ1) is 9.20. The Hall–Kier alpha value is -1.09. The molecule has 0 aliphatic heterocycles. The van der Waals surface area contributed by atoms with Crippen LogP contribution in [0.25, 0.3) is 0 Å². The van der Waals surface area contributed by atoms with Gasteiger partial charge >= 0.3 is 0 Å². The van der Waals surface area contributed by atoms with E-state index in [1.165, 1.54) is 0 Å². The Morgan fingerprint density at radius 1 is 1.16 bits per heavy atom. The molecule has 2 rings (SSSR count). The van der Waals surface area contributed by atoms with E-state index in [4.69, 9.17) is 23.2 Å². The van der Waals surface area contributed by atoms with Gasteiger partial charge in [0, 0.05) is 11.2 Å². The van der Waals surface area contributed by atoms with Crippen LogP contribution in [0.2, 0.25) is 10.0 Å². The van der Waals surface area contributed by atoms with E-state index >= 15 is 0 Å². The van der Waals surface area contributed by atoms with E-state index in [9.17, 15) is 0 Å². The lowest BCUT2D eigenvalue weighted by Gasteiger charge is -2.18. The molecule has 0 fully saturated rings. The molecule has 0 aliphatic rings. The van der Waals surface area contributed by atoms with Gasteiger partial charge in [-0.2, -0.15) is 0 Å². The first kappa shape index (κ1) is 14.3. The standard InChI is InChI=1S/C15H16Cl2N2/c1-2-8-18-15(11-4-3-5-12(16)9-11)14-7-6-13(17)10-19-14/h3-7,9-10,15,18H,2,8H2,1H3. The maximum absolute atomic E-state index is 6.07. The van der Waals surface area contributed by atoms with Crippen molar-refractivity contribution in [1.29, 1.82) is 0 Å². The van der Waals surface area contributed by atoms with Gasteiger partial charge in [-0.25, -0.2) is 0 Å². The molecule has 0 amide bonds. The Kier molecular flexibility index (Phi) is 5.20. The highest BCUT2D eigenvalue weighted by molar-refractivity contribution is 6.30. The zero-order valence-electron chi connectivity index (χ0n) is 10.7. The zero-order chi connectivity index (χ0) is 13.7. The minimum Gasteiger partial charge on any atom is -0.305 e. The van der Waals surface area contributed by atoms with Gasteiger partial charge in [0.15, 0.2) is 0 Å². The quantitative estimate of drug-likeness (QED) is 0.880. The molecule has 1 heterocycles. The SMILES string of the molecule is CCCNC(c1cccc(Cl)c1)c1ccc(Cl)cn1. The molecular formula is C15H16Cl2N2. The maximum Gasteiger partial charge on any atom is 0.0751 e. The van der Waals surface area contributed by atoms with E-state index in [1.807, 2.05) is 30.3 Å². The highest BCUT2D eigenvalue weighted by atomic mass is 35.5. The van der Waals surface area contributed by atoms with Crippen molar-refractivity contribution in [2.75, 3.05) is 6.54 Å². The topological polar surface area (TPSA) is 24.9 Å². The molecule has 0 saturated carbocycles. The Morgan fingerprint density at radius 3 is 2.63 bits per heavy atom. The van der Waals surface area contributed by atoms with Gasteiger partial charge in [-0.15, -0.1) is 0 Å². The molecule has 1 aromatic heterocycles. The van der Waals surface area contributed by atoms with Crippen LogP contribution in [0.4, 0.5) is 0 Å². The summed E-state index contributed by atoms with van der Waals surface area (Å²) in [6.45, 7) is 3.05. The van der Waals surface area contributed by atoms with Crippen molar-refractivity contribution in [1.82, 2.24) is 10.3 Å². The monoisotopic (exact) mass is 294 g/mol. The second kappa shape index (κ2) is 6.90. The highest BCUT2D eigenvalue weighted by Gasteiger charge is 2.14. The average molecular weight is 295 g/mol. The number of benzene rings is 1. The van der Waals surface area contributed by atoms with Crippen LogP contribution >= 0.6 is 23.2 Å². The van der Waals surface area contributed by atoms with Crippen molar-refractivity contribution < 1.29 is 0 Å². The summed E-state index contributed by atoms with van der Waals surface area (Å²) in [6, 6.07) is 11.7. The van der Waals surface area contributed by atoms with E-state index in [1.54, 1.807) is 6.20 Å². The molecule has 1 unspecified atom stereocenters. The number of aromatic nitrogens is 1. The average Bonchev–Trinajstić information content (AvgIpc) is 2.41. The lowest BCUT2D eigenvalue weighted by atomic mass is 10.0. The summed E-state index contributed by atoms with van der Waals surface area (Å²) >= 11 is 12.0. The van der Waals surface area contributed by atoms with Gasteiger partial charge in [-0.1, -0.05) is 42.3 Å². The van der Waals surface area contributed by atoms with Crippen LogP contribution in [0, 0.1) is 0 Å². The van der Waals surface area contributed by atoms with E-state index in [0.717, 1.165) is 29.2 Å². The number of hydrogen-bond donors (Lipinski definition) is 1. The molecule has 0 saturated heterocycles. The predicted octanol–water partition coefficient (Wildman–Crippen LogP) is 4.48. The third-order valence-electron chi connectivity index (χ3n) is 2.83. The molecule has 0 bridgehead atoms. The smallest absolute Gasteiger partial charge is 0.0751 e. The van der Waals surface area contributed by atoms with Gasteiger partial charge in [0.05, 0.1) is 16.8 Å². The van der Waals surface area contributed by atoms with Crippen LogP contribution in [-0.2, 0) is 0 Å². The van der Waals surface area contributed by atoms with E-state index in [0.29, 0.717) is 5.02 Å². The van der Waals surface area contributed by atoms with Crippen molar-refractivity contribution in [3.63, 3.8) is 0 Å². The molecule has 2 aromatic rings. The van der Waals surface area contributed by atoms with Crippen LogP contribution in [-0.4, -0.2) is 11.5 Å². The van der Waals surface area contributed by atoms with Crippen molar-refractivity contribution in [2.24, 2.45) is 0 Å². The molecule has 1 aromatic carbocycles. The number of pyridine rings is 1. The minimum absolute atomic E-state index is 0.0379. The molecule has 100 valence electrons. The Bertz CT molecular complexity index is 526. The summed E-state index contributed by atoms with van der Waals surface area (Å²) in [5, 5.41) is 4.86. The van der Waals surface area contributed by atoms with E-state index < -0.39 is 0 Å². The molecule has 1 N–H and O–H groups in total. The van der Waals surface area contributed by atoms with Gasteiger partial charge in [0.1, 0.15) is 0 Å². The van der Waals surface area contributed by atoms with Crippen LogP contribution < -0.4 is 5.32 Å². The summed E-state index contributed by atoms with van der Waals surface area (Å²) in [7, 11) is 0. The lowest BCUT2D eigenvalue weighted by molar-refractivity contribution is 0.586. The maximum atomic E-state index is 6.07. The fourth-order valence-electron chi connectivity index (χ4n) is 1.93. The molecule has 4 heteroatoms. The number of rotatable bonds is 5. The number of halogens is 2. The summed E-state index contributed by atoms with van der Waals surface area (Å²) < 4.78 is 0. The van der Waals surface area contributed by atoms with Crippen LogP contribution in [0.1, 0.15) is 30.6 Å². The summed E-state index contributed by atoms with van der Waals surface area (Å²) in [5.74, 6) is 0. The van der Waals surface area contributed by atoms with E-state index in [2.05, 4.69) is 23.3 Å². The second-order valence-corrected chi connectivity index (χ2v) is 5.22. The van der Waals surface area contributed by atoms with Crippen LogP contribution in [0.5, 0.6) is 0 Å². The van der Waals surface area contributed by atoms with Crippen molar-refractivity contribution in [3.05, 3.63) is 63.9 Å². The van der Waals surface area contributed by atoms with Crippen LogP contribution in [0.3, 0.4) is 0 Å². The third kappa shape index (κ3) is 3.93. The van der Waals surface area contributed by atoms with Gasteiger partial charge < -0.3 is 5.32 Å². The Labute approximate surface area is 123 Å². The third-order valence-corrected chi connectivity index (χ3v) is 3.29. The molecular weight excluding hydrogens is 279 g/mol. The molecule has 0 radical (unpaired) electrons. The number of nitrogens with zero attached hydrogens (tertiary/aromatic N) is 1. The Balaban J connectivity index is 2.32. The number of hydrogen-bond acceptors (Lipinski definition) is 2. The molecule has 0 aliphatic carbocycles.